The molecule has 2 atom stereocenters. The van der Waals surface area contributed by atoms with E-state index < -0.39 is 12.0 Å². The van der Waals surface area contributed by atoms with E-state index in [1.54, 1.807) is 29.6 Å². The zero-order valence-corrected chi connectivity index (χ0v) is 16.3. The number of phenols is 1. The fourth-order valence-corrected chi connectivity index (χ4v) is 3.17. The number of hydrogen-bond acceptors (Lipinski definition) is 6. The van der Waals surface area contributed by atoms with Gasteiger partial charge in [-0.2, -0.15) is 0 Å². The first-order chi connectivity index (χ1) is 13.9. The molecule has 0 bridgehead atoms. The van der Waals surface area contributed by atoms with E-state index in [1.807, 2.05) is 19.9 Å². The number of carboxylic acids is 1. The molecule has 3 aromatic rings. The number of para-hydroxylation sites is 1. The molecule has 1 aromatic heterocycles. The van der Waals surface area contributed by atoms with Crippen molar-refractivity contribution >= 4 is 16.9 Å². The lowest BCUT2D eigenvalue weighted by Crippen LogP contribution is -2.93. The van der Waals surface area contributed by atoms with Gasteiger partial charge in [-0.1, -0.05) is 32.0 Å². The molecule has 3 N–H and O–H groups in total. The van der Waals surface area contributed by atoms with Gasteiger partial charge in [0, 0.05) is 5.92 Å². The summed E-state index contributed by atoms with van der Waals surface area (Å²) in [5.74, 6) is -0.836. The van der Waals surface area contributed by atoms with Crippen LogP contribution in [0, 0.1) is 5.92 Å². The summed E-state index contributed by atoms with van der Waals surface area (Å²) in [5.41, 5.74) is 0.169. The van der Waals surface area contributed by atoms with Crippen LogP contribution in [-0.2, 0) is 11.3 Å². The van der Waals surface area contributed by atoms with Gasteiger partial charge in [-0.15, -0.1) is 0 Å². The number of hydrogen-bond donors (Lipinski definition) is 2. The van der Waals surface area contributed by atoms with Crippen molar-refractivity contribution < 1.29 is 29.5 Å². The van der Waals surface area contributed by atoms with Gasteiger partial charge in [0.2, 0.25) is 11.2 Å². The number of ether oxygens (including phenoxy) is 1. The summed E-state index contributed by atoms with van der Waals surface area (Å²) in [7, 11) is 0. The average molecular weight is 397 g/mol. The van der Waals surface area contributed by atoms with Crippen LogP contribution in [0.2, 0.25) is 0 Å². The number of nitrogens with two attached hydrogens (primary N) is 1. The molecule has 0 aliphatic heterocycles. The molecule has 0 fully saturated rings. The van der Waals surface area contributed by atoms with E-state index in [-0.39, 0.29) is 40.4 Å². The van der Waals surface area contributed by atoms with Crippen molar-refractivity contribution in [2.24, 2.45) is 5.92 Å². The molecule has 7 nitrogen and oxygen atoms in total. The van der Waals surface area contributed by atoms with Crippen molar-refractivity contribution in [1.82, 2.24) is 0 Å². The quantitative estimate of drug-likeness (QED) is 0.595. The molecule has 0 aliphatic carbocycles. The third kappa shape index (κ3) is 4.41. The van der Waals surface area contributed by atoms with Crippen LogP contribution in [0.15, 0.2) is 57.9 Å². The van der Waals surface area contributed by atoms with Crippen LogP contribution in [0.1, 0.15) is 25.8 Å². The van der Waals surface area contributed by atoms with Crippen LogP contribution in [0.25, 0.3) is 11.0 Å². The van der Waals surface area contributed by atoms with E-state index in [0.29, 0.717) is 17.7 Å². The molecule has 7 heteroatoms. The minimum absolute atomic E-state index is 0.0246. The highest BCUT2D eigenvalue weighted by atomic mass is 16.5. The maximum absolute atomic E-state index is 12.8. The van der Waals surface area contributed by atoms with Crippen LogP contribution in [0.3, 0.4) is 0 Å². The van der Waals surface area contributed by atoms with Gasteiger partial charge in [0.25, 0.3) is 0 Å². The Kier molecular flexibility index (Phi) is 6.19. The number of rotatable bonds is 8. The monoisotopic (exact) mass is 397 g/mol. The van der Waals surface area contributed by atoms with Gasteiger partial charge < -0.3 is 29.5 Å². The van der Waals surface area contributed by atoms with Crippen LogP contribution in [0.5, 0.6) is 17.2 Å². The SMILES string of the molecule is CC[C@@H](C)[C@H]([NH2+]Cc1c(O)ccc2c(=O)c(Oc3ccccc3)coc12)C(=O)[O-]. The summed E-state index contributed by atoms with van der Waals surface area (Å²) < 4.78 is 11.2. The third-order valence-corrected chi connectivity index (χ3v) is 5.06. The number of aliphatic carboxylic acids is 1. The van der Waals surface area contributed by atoms with Crippen LogP contribution >= 0.6 is 0 Å². The summed E-state index contributed by atoms with van der Waals surface area (Å²) in [4.78, 5) is 24.3. The van der Waals surface area contributed by atoms with Crippen molar-refractivity contribution in [2.75, 3.05) is 0 Å². The first-order valence-electron chi connectivity index (χ1n) is 9.45. The van der Waals surface area contributed by atoms with Gasteiger partial charge >= 0.3 is 0 Å². The van der Waals surface area contributed by atoms with E-state index in [9.17, 15) is 19.8 Å². The Morgan fingerprint density at radius 3 is 2.62 bits per heavy atom. The molecule has 1 heterocycles. The van der Waals surface area contributed by atoms with Gasteiger partial charge in [0.15, 0.2) is 5.58 Å². The number of aromatic hydroxyl groups is 1. The predicted octanol–water partition coefficient (Wildman–Crippen LogP) is 1.52. The molecule has 0 saturated carbocycles. The van der Waals surface area contributed by atoms with Crippen molar-refractivity contribution in [1.29, 1.82) is 0 Å². The van der Waals surface area contributed by atoms with E-state index >= 15 is 0 Å². The van der Waals surface area contributed by atoms with Crippen molar-refractivity contribution in [2.45, 2.75) is 32.9 Å². The van der Waals surface area contributed by atoms with E-state index in [0.717, 1.165) is 0 Å². The molecule has 2 aromatic carbocycles. The topological polar surface area (TPSA) is 116 Å². The molecule has 29 heavy (non-hydrogen) atoms. The Bertz CT molecular complexity index is 1060. The second-order valence-electron chi connectivity index (χ2n) is 6.95. The molecule has 0 spiro atoms. The highest BCUT2D eigenvalue weighted by molar-refractivity contribution is 5.82. The smallest absolute Gasteiger partial charge is 0.235 e. The zero-order chi connectivity index (χ0) is 21.0. The molecule has 0 saturated heterocycles. The minimum atomic E-state index is -1.17. The number of phenolic OH excluding ortho intramolecular Hbond substituents is 1. The van der Waals surface area contributed by atoms with Crippen molar-refractivity contribution in [3.05, 3.63) is 64.5 Å². The average Bonchev–Trinajstić information content (AvgIpc) is 2.71. The number of carbonyl (C=O) groups excluding carboxylic acids is 1. The summed E-state index contributed by atoms with van der Waals surface area (Å²) in [6.07, 6.45) is 1.87. The fraction of sp³-hybridized carbons (Fsp3) is 0.273. The molecular formula is C22H23NO6. The Morgan fingerprint density at radius 2 is 1.97 bits per heavy atom. The Morgan fingerprint density at radius 1 is 1.24 bits per heavy atom. The molecule has 3 rings (SSSR count). The van der Waals surface area contributed by atoms with Crippen molar-refractivity contribution in [3.8, 4) is 17.2 Å². The summed E-state index contributed by atoms with van der Waals surface area (Å²) in [6, 6.07) is 10.9. The molecular weight excluding hydrogens is 374 g/mol. The van der Waals surface area contributed by atoms with E-state index in [1.165, 1.54) is 18.4 Å². The lowest BCUT2D eigenvalue weighted by atomic mass is 9.99. The summed E-state index contributed by atoms with van der Waals surface area (Å²) in [6.45, 7) is 3.85. The van der Waals surface area contributed by atoms with Crippen LogP contribution < -0.4 is 20.6 Å². The molecule has 0 radical (unpaired) electrons. The number of fused-ring (bicyclic) bond motifs is 1. The standard InChI is InChI=1S/C22H23NO6/c1-3-13(2)19(22(26)27)23-11-16-17(24)10-9-15-20(25)18(12-28-21(15)16)29-14-7-5-4-6-8-14/h4-10,12-13,19,23-24H,3,11H2,1-2H3,(H,26,27)/t13-,19+/m1/s1. The van der Waals surface area contributed by atoms with Gasteiger partial charge in [0.05, 0.1) is 16.9 Å². The third-order valence-electron chi connectivity index (χ3n) is 5.06. The summed E-state index contributed by atoms with van der Waals surface area (Å²) >= 11 is 0. The maximum atomic E-state index is 12.8. The molecule has 152 valence electrons. The van der Waals surface area contributed by atoms with Gasteiger partial charge in [0.1, 0.15) is 30.3 Å². The number of quaternary nitrogens is 1. The Hall–Kier alpha value is -3.32. The highest BCUT2D eigenvalue weighted by Gasteiger charge is 2.23. The first-order valence-corrected chi connectivity index (χ1v) is 9.45. The summed E-state index contributed by atoms with van der Waals surface area (Å²) in [5, 5.41) is 23.5. The van der Waals surface area contributed by atoms with Gasteiger partial charge in [-0.3, -0.25) is 4.79 Å². The molecule has 0 unspecified atom stereocenters. The fourth-order valence-electron chi connectivity index (χ4n) is 3.17. The highest BCUT2D eigenvalue weighted by Crippen LogP contribution is 2.27. The van der Waals surface area contributed by atoms with Crippen LogP contribution in [-0.4, -0.2) is 17.1 Å². The largest absolute Gasteiger partial charge is 0.544 e. The van der Waals surface area contributed by atoms with Crippen molar-refractivity contribution in [3.63, 3.8) is 0 Å². The predicted molar refractivity (Wildman–Crippen MR) is 105 cm³/mol. The lowest BCUT2D eigenvalue weighted by Gasteiger charge is -2.22. The second-order valence-corrected chi connectivity index (χ2v) is 6.95. The zero-order valence-electron chi connectivity index (χ0n) is 16.3. The van der Waals surface area contributed by atoms with Crippen LogP contribution in [0.4, 0.5) is 0 Å². The van der Waals surface area contributed by atoms with Gasteiger partial charge in [-0.25, -0.2) is 0 Å². The normalized spacial score (nSPS) is 13.2. The molecule has 0 aliphatic rings. The van der Waals surface area contributed by atoms with E-state index in [4.69, 9.17) is 9.15 Å². The maximum Gasteiger partial charge on any atom is 0.235 e. The Labute approximate surface area is 167 Å². The lowest BCUT2D eigenvalue weighted by molar-refractivity contribution is -0.704. The Balaban J connectivity index is 1.94. The van der Waals surface area contributed by atoms with E-state index in [2.05, 4.69) is 0 Å². The first kappa shape index (κ1) is 20.4. The minimum Gasteiger partial charge on any atom is -0.544 e. The molecule has 0 amide bonds. The second kappa shape index (κ2) is 8.79. The van der Waals surface area contributed by atoms with Gasteiger partial charge in [-0.05, 0) is 30.7 Å². The number of benzene rings is 2. The number of carboxylic acid groups (broad SMARTS) is 1. The number of carbonyl (C=O) groups is 1.